The van der Waals surface area contributed by atoms with E-state index >= 15 is 0 Å². The topological polar surface area (TPSA) is 84.6 Å². The number of hydrogen-bond acceptors (Lipinski definition) is 5. The number of anilines is 1. The molecule has 2 N–H and O–H groups in total. The van der Waals surface area contributed by atoms with Crippen molar-refractivity contribution < 1.29 is 14.8 Å². The number of nitro groups is 1. The standard InChI is InChI=1S/C15H16N2O4/c1-16-12-8-13(17(19)20)10-14(9-12)21-15-5-3-2-4-11(15)6-7-18/h2-5,8-10,16,18H,6-7H2,1H3. The molecule has 6 heteroatoms. The molecule has 0 atom stereocenters. The maximum atomic E-state index is 10.9. The van der Waals surface area contributed by atoms with Crippen LogP contribution in [0.5, 0.6) is 11.5 Å². The summed E-state index contributed by atoms with van der Waals surface area (Å²) >= 11 is 0. The normalized spacial score (nSPS) is 10.2. The van der Waals surface area contributed by atoms with Crippen LogP contribution < -0.4 is 10.1 Å². The first-order valence-corrected chi connectivity index (χ1v) is 6.48. The Balaban J connectivity index is 2.35. The van der Waals surface area contributed by atoms with Gasteiger partial charge in [0.25, 0.3) is 5.69 Å². The highest BCUT2D eigenvalue weighted by Gasteiger charge is 2.12. The van der Waals surface area contributed by atoms with E-state index < -0.39 is 4.92 Å². The van der Waals surface area contributed by atoms with E-state index in [1.54, 1.807) is 19.2 Å². The van der Waals surface area contributed by atoms with Crippen molar-refractivity contribution in [3.63, 3.8) is 0 Å². The second-order valence-electron chi connectivity index (χ2n) is 4.41. The maximum Gasteiger partial charge on any atom is 0.275 e. The maximum absolute atomic E-state index is 10.9. The lowest BCUT2D eigenvalue weighted by Gasteiger charge is -2.11. The molecule has 0 aliphatic carbocycles. The highest BCUT2D eigenvalue weighted by Crippen LogP contribution is 2.31. The zero-order chi connectivity index (χ0) is 15.2. The van der Waals surface area contributed by atoms with Gasteiger partial charge in [-0.05, 0) is 18.1 Å². The fraction of sp³-hybridized carbons (Fsp3) is 0.200. The van der Waals surface area contributed by atoms with Crippen molar-refractivity contribution >= 4 is 11.4 Å². The van der Waals surface area contributed by atoms with E-state index in [-0.39, 0.29) is 12.3 Å². The molecule has 110 valence electrons. The first-order chi connectivity index (χ1) is 10.1. The number of nitrogens with one attached hydrogen (secondary N) is 1. The molecule has 0 saturated heterocycles. The number of benzene rings is 2. The van der Waals surface area contributed by atoms with E-state index in [0.29, 0.717) is 23.6 Å². The van der Waals surface area contributed by atoms with Crippen LogP contribution in [0, 0.1) is 10.1 Å². The molecule has 2 rings (SSSR count). The average Bonchev–Trinajstić information content (AvgIpc) is 2.49. The Hall–Kier alpha value is -2.60. The van der Waals surface area contributed by atoms with Crippen LogP contribution >= 0.6 is 0 Å². The number of nitro benzene ring substituents is 1. The monoisotopic (exact) mass is 288 g/mol. The number of para-hydroxylation sites is 1. The van der Waals surface area contributed by atoms with Gasteiger partial charge in [0.15, 0.2) is 0 Å². The molecule has 0 unspecified atom stereocenters. The Morgan fingerprint density at radius 2 is 2.05 bits per heavy atom. The fourth-order valence-electron chi connectivity index (χ4n) is 1.95. The minimum Gasteiger partial charge on any atom is -0.457 e. The van der Waals surface area contributed by atoms with Crippen LogP contribution in [0.15, 0.2) is 42.5 Å². The summed E-state index contributed by atoms with van der Waals surface area (Å²) in [6, 6.07) is 11.8. The molecule has 6 nitrogen and oxygen atoms in total. The molecule has 2 aromatic rings. The smallest absolute Gasteiger partial charge is 0.275 e. The van der Waals surface area contributed by atoms with Crippen molar-refractivity contribution in [2.75, 3.05) is 19.0 Å². The van der Waals surface area contributed by atoms with Gasteiger partial charge in [-0.2, -0.15) is 0 Å². The molecule has 2 aromatic carbocycles. The van der Waals surface area contributed by atoms with Gasteiger partial charge in [0.2, 0.25) is 0 Å². The second kappa shape index (κ2) is 6.71. The van der Waals surface area contributed by atoms with E-state index in [1.165, 1.54) is 12.1 Å². The number of rotatable bonds is 6. The SMILES string of the molecule is CNc1cc(Oc2ccccc2CCO)cc([N+](=O)[O-])c1. The number of hydrogen-bond donors (Lipinski definition) is 2. The molecule has 0 fully saturated rings. The lowest BCUT2D eigenvalue weighted by molar-refractivity contribution is -0.384. The predicted molar refractivity (Wildman–Crippen MR) is 79.9 cm³/mol. The van der Waals surface area contributed by atoms with Crippen molar-refractivity contribution in [3.8, 4) is 11.5 Å². The lowest BCUT2D eigenvalue weighted by atomic mass is 10.1. The minimum atomic E-state index is -0.465. The van der Waals surface area contributed by atoms with E-state index in [1.807, 2.05) is 18.2 Å². The first-order valence-electron chi connectivity index (χ1n) is 6.48. The van der Waals surface area contributed by atoms with Crippen LogP contribution in [-0.4, -0.2) is 23.7 Å². The molecule has 0 aliphatic rings. The quantitative estimate of drug-likeness (QED) is 0.630. The van der Waals surface area contributed by atoms with Gasteiger partial charge in [-0.15, -0.1) is 0 Å². The second-order valence-corrected chi connectivity index (χ2v) is 4.41. The summed E-state index contributed by atoms with van der Waals surface area (Å²) in [6.45, 7) is 0.0110. The van der Waals surface area contributed by atoms with Crippen LogP contribution in [0.1, 0.15) is 5.56 Å². The minimum absolute atomic E-state index is 0.0110. The van der Waals surface area contributed by atoms with Gasteiger partial charge >= 0.3 is 0 Å². The molecule has 0 saturated carbocycles. The van der Waals surface area contributed by atoms with Gasteiger partial charge in [-0.25, -0.2) is 0 Å². The summed E-state index contributed by atoms with van der Waals surface area (Å²) in [4.78, 5) is 10.5. The zero-order valence-corrected chi connectivity index (χ0v) is 11.6. The van der Waals surface area contributed by atoms with E-state index in [4.69, 9.17) is 9.84 Å². The molecular weight excluding hydrogens is 272 g/mol. The third-order valence-corrected chi connectivity index (χ3v) is 2.97. The Kier molecular flexibility index (Phi) is 4.73. The third kappa shape index (κ3) is 3.70. The van der Waals surface area contributed by atoms with Crippen LogP contribution in [0.3, 0.4) is 0 Å². The third-order valence-electron chi connectivity index (χ3n) is 2.97. The van der Waals surface area contributed by atoms with Gasteiger partial charge in [0, 0.05) is 31.5 Å². The molecule has 0 amide bonds. The average molecular weight is 288 g/mol. The highest BCUT2D eigenvalue weighted by molar-refractivity contribution is 5.57. The number of ether oxygens (including phenoxy) is 1. The molecule has 0 aliphatic heterocycles. The number of non-ortho nitro benzene ring substituents is 1. The van der Waals surface area contributed by atoms with Crippen LogP contribution in [0.4, 0.5) is 11.4 Å². The van der Waals surface area contributed by atoms with Crippen molar-refractivity contribution in [3.05, 3.63) is 58.1 Å². The molecule has 0 spiro atoms. The summed E-state index contributed by atoms with van der Waals surface area (Å²) in [6.07, 6.45) is 0.462. The van der Waals surface area contributed by atoms with Crippen molar-refractivity contribution in [2.45, 2.75) is 6.42 Å². The molecule has 21 heavy (non-hydrogen) atoms. The first kappa shape index (κ1) is 14.8. The number of nitrogens with zero attached hydrogens (tertiary/aromatic N) is 1. The lowest BCUT2D eigenvalue weighted by Crippen LogP contribution is -1.97. The van der Waals surface area contributed by atoms with Gasteiger partial charge < -0.3 is 15.2 Å². The highest BCUT2D eigenvalue weighted by atomic mass is 16.6. The van der Waals surface area contributed by atoms with E-state index in [0.717, 1.165) is 5.56 Å². The largest absolute Gasteiger partial charge is 0.457 e. The molecular formula is C15H16N2O4. The summed E-state index contributed by atoms with van der Waals surface area (Å²) in [5.74, 6) is 0.952. The van der Waals surface area contributed by atoms with Crippen LogP contribution in [-0.2, 0) is 6.42 Å². The van der Waals surface area contributed by atoms with E-state index in [9.17, 15) is 10.1 Å². The summed E-state index contributed by atoms with van der Waals surface area (Å²) in [7, 11) is 1.68. The Bertz CT molecular complexity index is 643. The zero-order valence-electron chi connectivity index (χ0n) is 11.6. The van der Waals surface area contributed by atoms with Gasteiger partial charge in [0.1, 0.15) is 11.5 Å². The van der Waals surface area contributed by atoms with E-state index in [2.05, 4.69) is 5.32 Å². The Morgan fingerprint density at radius 3 is 2.71 bits per heavy atom. The molecule has 0 aromatic heterocycles. The number of aliphatic hydroxyl groups excluding tert-OH is 1. The van der Waals surface area contributed by atoms with Gasteiger partial charge in [-0.3, -0.25) is 10.1 Å². The van der Waals surface area contributed by atoms with Gasteiger partial charge in [0.05, 0.1) is 11.0 Å². The van der Waals surface area contributed by atoms with Crippen molar-refractivity contribution in [1.82, 2.24) is 0 Å². The summed E-state index contributed by atoms with van der Waals surface area (Å²) in [5.41, 5.74) is 1.40. The van der Waals surface area contributed by atoms with Gasteiger partial charge in [-0.1, -0.05) is 18.2 Å². The summed E-state index contributed by atoms with van der Waals surface area (Å²) in [5, 5.41) is 22.9. The van der Waals surface area contributed by atoms with Crippen LogP contribution in [0.25, 0.3) is 0 Å². The van der Waals surface area contributed by atoms with Crippen LogP contribution in [0.2, 0.25) is 0 Å². The fourth-order valence-corrected chi connectivity index (χ4v) is 1.95. The Labute approximate surface area is 122 Å². The number of aliphatic hydroxyl groups is 1. The van der Waals surface area contributed by atoms with Crippen molar-refractivity contribution in [1.29, 1.82) is 0 Å². The Morgan fingerprint density at radius 1 is 1.29 bits per heavy atom. The molecule has 0 heterocycles. The molecule has 0 radical (unpaired) electrons. The molecule has 0 bridgehead atoms. The van der Waals surface area contributed by atoms with Crippen molar-refractivity contribution in [2.24, 2.45) is 0 Å². The summed E-state index contributed by atoms with van der Waals surface area (Å²) < 4.78 is 5.74. The predicted octanol–water partition coefficient (Wildman–Crippen LogP) is 2.96.